The van der Waals surface area contributed by atoms with Gasteiger partial charge in [0, 0.05) is 9.13 Å². The van der Waals surface area contributed by atoms with E-state index in [1.165, 1.54) is 0 Å². The zero-order chi connectivity index (χ0) is 13.0. The molecule has 0 aliphatic rings. The SMILES string of the molecule is NC(=O)c1cccc(COc2cccc(I)c2)c1. The van der Waals surface area contributed by atoms with Gasteiger partial charge in [-0.3, -0.25) is 4.79 Å². The third-order valence-corrected chi connectivity index (χ3v) is 3.08. The molecule has 0 spiro atoms. The van der Waals surface area contributed by atoms with Crippen LogP contribution >= 0.6 is 22.6 Å². The van der Waals surface area contributed by atoms with E-state index in [0.29, 0.717) is 12.2 Å². The Morgan fingerprint density at radius 2 is 1.94 bits per heavy atom. The molecular formula is C14H12INO2. The van der Waals surface area contributed by atoms with E-state index in [-0.39, 0.29) is 0 Å². The molecule has 2 rings (SSSR count). The maximum Gasteiger partial charge on any atom is 0.248 e. The molecule has 0 aromatic heterocycles. The van der Waals surface area contributed by atoms with Crippen molar-refractivity contribution < 1.29 is 9.53 Å². The number of carbonyl (C=O) groups is 1. The van der Waals surface area contributed by atoms with Crippen molar-refractivity contribution in [1.82, 2.24) is 0 Å². The van der Waals surface area contributed by atoms with Crippen molar-refractivity contribution in [3.05, 3.63) is 63.2 Å². The third kappa shape index (κ3) is 3.46. The summed E-state index contributed by atoms with van der Waals surface area (Å²) in [5.41, 5.74) is 6.65. The van der Waals surface area contributed by atoms with Crippen molar-refractivity contribution >= 4 is 28.5 Å². The Morgan fingerprint density at radius 3 is 2.67 bits per heavy atom. The molecule has 1 amide bonds. The summed E-state index contributed by atoms with van der Waals surface area (Å²) in [4.78, 5) is 11.1. The zero-order valence-corrected chi connectivity index (χ0v) is 11.8. The van der Waals surface area contributed by atoms with Gasteiger partial charge in [0.15, 0.2) is 0 Å². The van der Waals surface area contributed by atoms with Crippen LogP contribution in [0.5, 0.6) is 5.75 Å². The number of benzene rings is 2. The van der Waals surface area contributed by atoms with E-state index in [2.05, 4.69) is 22.6 Å². The maximum atomic E-state index is 11.1. The second kappa shape index (κ2) is 5.86. The number of rotatable bonds is 4. The first-order valence-electron chi connectivity index (χ1n) is 5.42. The van der Waals surface area contributed by atoms with Gasteiger partial charge in [0.05, 0.1) is 0 Å². The first-order chi connectivity index (χ1) is 8.65. The van der Waals surface area contributed by atoms with Crippen LogP contribution in [0.1, 0.15) is 15.9 Å². The minimum Gasteiger partial charge on any atom is -0.489 e. The summed E-state index contributed by atoms with van der Waals surface area (Å²) in [6, 6.07) is 14.9. The Kier molecular flexibility index (Phi) is 4.19. The van der Waals surface area contributed by atoms with Gasteiger partial charge in [-0.2, -0.15) is 0 Å². The van der Waals surface area contributed by atoms with Crippen molar-refractivity contribution in [2.45, 2.75) is 6.61 Å². The molecule has 0 saturated heterocycles. The smallest absolute Gasteiger partial charge is 0.248 e. The fraction of sp³-hybridized carbons (Fsp3) is 0.0714. The minimum absolute atomic E-state index is 0.418. The van der Waals surface area contributed by atoms with Crippen LogP contribution in [0, 0.1) is 3.57 Å². The highest BCUT2D eigenvalue weighted by molar-refractivity contribution is 14.1. The number of primary amides is 1. The topological polar surface area (TPSA) is 52.3 Å². The Bertz CT molecular complexity index is 569. The van der Waals surface area contributed by atoms with Crippen LogP contribution in [0.25, 0.3) is 0 Å². The zero-order valence-electron chi connectivity index (χ0n) is 9.60. The molecule has 2 N–H and O–H groups in total. The second-order valence-electron chi connectivity index (χ2n) is 3.81. The summed E-state index contributed by atoms with van der Waals surface area (Å²) in [6.07, 6.45) is 0. The summed E-state index contributed by atoms with van der Waals surface area (Å²) in [6.45, 7) is 0.418. The van der Waals surface area contributed by atoms with Gasteiger partial charge in [0.25, 0.3) is 0 Å². The van der Waals surface area contributed by atoms with Crippen LogP contribution in [0.4, 0.5) is 0 Å². The molecule has 0 bridgehead atoms. The molecule has 0 atom stereocenters. The van der Waals surface area contributed by atoms with Gasteiger partial charge < -0.3 is 10.5 Å². The van der Waals surface area contributed by atoms with Crippen molar-refractivity contribution in [3.63, 3.8) is 0 Å². The molecule has 3 nitrogen and oxygen atoms in total. The molecule has 0 unspecified atom stereocenters. The van der Waals surface area contributed by atoms with Gasteiger partial charge in [-0.15, -0.1) is 0 Å². The predicted molar refractivity (Wildman–Crippen MR) is 78.5 cm³/mol. The van der Waals surface area contributed by atoms with Gasteiger partial charge in [-0.05, 0) is 58.5 Å². The van der Waals surface area contributed by atoms with Gasteiger partial charge in [-0.1, -0.05) is 18.2 Å². The van der Waals surface area contributed by atoms with E-state index in [9.17, 15) is 4.79 Å². The van der Waals surface area contributed by atoms with Gasteiger partial charge in [0.1, 0.15) is 12.4 Å². The van der Waals surface area contributed by atoms with Crippen molar-refractivity contribution in [1.29, 1.82) is 0 Å². The lowest BCUT2D eigenvalue weighted by atomic mass is 10.1. The summed E-state index contributed by atoms with van der Waals surface area (Å²) < 4.78 is 6.77. The number of hydrogen-bond donors (Lipinski definition) is 1. The fourth-order valence-electron chi connectivity index (χ4n) is 1.54. The van der Waals surface area contributed by atoms with Gasteiger partial charge in [-0.25, -0.2) is 0 Å². The fourth-order valence-corrected chi connectivity index (χ4v) is 2.05. The Morgan fingerprint density at radius 1 is 1.17 bits per heavy atom. The number of halogens is 1. The van der Waals surface area contributed by atoms with E-state index in [0.717, 1.165) is 14.9 Å². The quantitative estimate of drug-likeness (QED) is 0.860. The monoisotopic (exact) mass is 353 g/mol. The van der Waals surface area contributed by atoms with Crippen molar-refractivity contribution in [2.75, 3.05) is 0 Å². The molecule has 0 heterocycles. The molecule has 0 radical (unpaired) electrons. The maximum absolute atomic E-state index is 11.1. The minimum atomic E-state index is -0.425. The lowest BCUT2D eigenvalue weighted by Crippen LogP contribution is -2.11. The number of hydrogen-bond acceptors (Lipinski definition) is 2. The van der Waals surface area contributed by atoms with E-state index in [4.69, 9.17) is 10.5 Å². The van der Waals surface area contributed by atoms with E-state index in [1.807, 2.05) is 30.3 Å². The first-order valence-corrected chi connectivity index (χ1v) is 6.50. The number of nitrogens with two attached hydrogens (primary N) is 1. The Balaban J connectivity index is 2.06. The summed E-state index contributed by atoms with van der Waals surface area (Å²) >= 11 is 2.23. The molecule has 0 aliphatic carbocycles. The molecule has 2 aromatic carbocycles. The van der Waals surface area contributed by atoms with Crippen molar-refractivity contribution in [3.8, 4) is 5.75 Å². The Hall–Kier alpha value is -1.56. The van der Waals surface area contributed by atoms with Crippen LogP contribution in [0.15, 0.2) is 48.5 Å². The van der Waals surface area contributed by atoms with Crippen LogP contribution in [0.2, 0.25) is 0 Å². The highest BCUT2D eigenvalue weighted by Crippen LogP contribution is 2.16. The molecule has 92 valence electrons. The third-order valence-electron chi connectivity index (χ3n) is 2.41. The summed E-state index contributed by atoms with van der Waals surface area (Å²) in [5.74, 6) is 0.387. The molecule has 0 fully saturated rings. The number of ether oxygens (including phenoxy) is 1. The molecule has 18 heavy (non-hydrogen) atoms. The van der Waals surface area contributed by atoms with E-state index in [1.54, 1.807) is 18.2 Å². The van der Waals surface area contributed by atoms with Crippen LogP contribution < -0.4 is 10.5 Å². The standard InChI is InChI=1S/C14H12INO2/c15-12-5-2-6-13(8-12)18-9-10-3-1-4-11(7-10)14(16)17/h1-8H,9H2,(H2,16,17). The van der Waals surface area contributed by atoms with E-state index < -0.39 is 5.91 Å². The molecule has 0 saturated carbocycles. The highest BCUT2D eigenvalue weighted by Gasteiger charge is 2.02. The van der Waals surface area contributed by atoms with Crippen LogP contribution in [-0.4, -0.2) is 5.91 Å². The predicted octanol–water partition coefficient (Wildman–Crippen LogP) is 2.97. The van der Waals surface area contributed by atoms with Crippen LogP contribution in [-0.2, 0) is 6.61 Å². The number of carbonyl (C=O) groups excluding carboxylic acids is 1. The Labute approximate surface area is 119 Å². The summed E-state index contributed by atoms with van der Waals surface area (Å²) in [7, 11) is 0. The normalized spacial score (nSPS) is 10.1. The van der Waals surface area contributed by atoms with Crippen molar-refractivity contribution in [2.24, 2.45) is 5.73 Å². The highest BCUT2D eigenvalue weighted by atomic mass is 127. The first kappa shape index (κ1) is 12.9. The molecule has 0 aliphatic heterocycles. The van der Waals surface area contributed by atoms with E-state index >= 15 is 0 Å². The lowest BCUT2D eigenvalue weighted by molar-refractivity contribution is 0.1000. The van der Waals surface area contributed by atoms with Crippen LogP contribution in [0.3, 0.4) is 0 Å². The molecule has 4 heteroatoms. The average molecular weight is 353 g/mol. The average Bonchev–Trinajstić information content (AvgIpc) is 2.37. The van der Waals surface area contributed by atoms with Gasteiger partial charge >= 0.3 is 0 Å². The largest absolute Gasteiger partial charge is 0.489 e. The number of amides is 1. The second-order valence-corrected chi connectivity index (χ2v) is 5.06. The molecular weight excluding hydrogens is 341 g/mol. The summed E-state index contributed by atoms with van der Waals surface area (Å²) in [5, 5.41) is 0. The van der Waals surface area contributed by atoms with Gasteiger partial charge in [0.2, 0.25) is 5.91 Å². The lowest BCUT2D eigenvalue weighted by Gasteiger charge is -2.07. The molecule has 2 aromatic rings.